The zero-order valence-corrected chi connectivity index (χ0v) is 17.6. The molecule has 1 atom stereocenters. The zero-order valence-electron chi connectivity index (χ0n) is 17.6. The highest BCUT2D eigenvalue weighted by Crippen LogP contribution is 2.36. The van der Waals surface area contributed by atoms with Gasteiger partial charge < -0.3 is 15.4 Å². The average Bonchev–Trinajstić information content (AvgIpc) is 2.74. The number of rotatable bonds is 8. The number of halogens is 3. The Bertz CT molecular complexity index is 1010. The van der Waals surface area contributed by atoms with Crippen LogP contribution in [0.2, 0.25) is 0 Å². The molecule has 0 radical (unpaired) electrons. The Morgan fingerprint density at radius 3 is 2.39 bits per heavy atom. The summed E-state index contributed by atoms with van der Waals surface area (Å²) in [5.74, 6) is 0.742. The summed E-state index contributed by atoms with van der Waals surface area (Å²) in [7, 11) is 0. The molecule has 0 spiro atoms. The van der Waals surface area contributed by atoms with E-state index in [4.69, 9.17) is 4.74 Å². The third-order valence-corrected chi connectivity index (χ3v) is 4.85. The maximum absolute atomic E-state index is 13.5. The highest BCUT2D eigenvalue weighted by atomic mass is 19.4. The van der Waals surface area contributed by atoms with Crippen LogP contribution >= 0.6 is 0 Å². The lowest BCUT2D eigenvalue weighted by Crippen LogP contribution is -2.12. The van der Waals surface area contributed by atoms with Gasteiger partial charge in [0.15, 0.2) is 0 Å². The fourth-order valence-electron chi connectivity index (χ4n) is 2.97. The van der Waals surface area contributed by atoms with Crippen LogP contribution in [0.1, 0.15) is 44.2 Å². The predicted molar refractivity (Wildman–Crippen MR) is 116 cm³/mol. The fourth-order valence-corrected chi connectivity index (χ4v) is 2.97. The van der Waals surface area contributed by atoms with Gasteiger partial charge in [-0.1, -0.05) is 26.0 Å². The van der Waals surface area contributed by atoms with E-state index in [9.17, 15) is 13.2 Å². The number of aromatic nitrogens is 2. The molecule has 2 aromatic carbocycles. The lowest BCUT2D eigenvalue weighted by atomic mass is 9.98. The summed E-state index contributed by atoms with van der Waals surface area (Å²) in [4.78, 5) is 7.95. The van der Waals surface area contributed by atoms with E-state index < -0.39 is 11.7 Å². The standard InChI is InChI=1S/C23H25F3N4O/c1-4-15(3)16-7-6-8-18(13-16)28-21-20(23(24,25)26)14-27-22(30-21)29-17-9-11-19(12-10-17)31-5-2/h6-15H,4-5H2,1-3H3,(H2,27,28,29,30). The Morgan fingerprint density at radius 2 is 1.74 bits per heavy atom. The molecule has 3 rings (SSSR count). The number of hydrogen-bond donors (Lipinski definition) is 2. The number of hydrogen-bond acceptors (Lipinski definition) is 5. The second kappa shape index (κ2) is 9.68. The van der Waals surface area contributed by atoms with Gasteiger partial charge in [-0.05, 0) is 61.2 Å². The van der Waals surface area contributed by atoms with Gasteiger partial charge in [0.05, 0.1) is 6.61 Å². The molecule has 1 aromatic heterocycles. The maximum atomic E-state index is 13.5. The van der Waals surface area contributed by atoms with Crippen LogP contribution < -0.4 is 15.4 Å². The summed E-state index contributed by atoms with van der Waals surface area (Å²) in [6, 6.07) is 14.3. The van der Waals surface area contributed by atoms with Crippen molar-refractivity contribution in [3.05, 3.63) is 65.9 Å². The predicted octanol–water partition coefficient (Wildman–Crippen LogP) is 6.89. The topological polar surface area (TPSA) is 59.1 Å². The molecule has 2 N–H and O–H groups in total. The van der Waals surface area contributed by atoms with Crippen molar-refractivity contribution in [2.24, 2.45) is 0 Å². The van der Waals surface area contributed by atoms with Gasteiger partial charge in [0.25, 0.3) is 0 Å². The molecule has 0 bridgehead atoms. The molecule has 3 aromatic rings. The van der Waals surface area contributed by atoms with Crippen LogP contribution in [-0.2, 0) is 6.18 Å². The molecule has 31 heavy (non-hydrogen) atoms. The first-order valence-corrected chi connectivity index (χ1v) is 10.1. The monoisotopic (exact) mass is 430 g/mol. The molecular weight excluding hydrogens is 405 g/mol. The average molecular weight is 430 g/mol. The Morgan fingerprint density at radius 1 is 1.00 bits per heavy atom. The molecule has 5 nitrogen and oxygen atoms in total. The SMILES string of the molecule is CCOc1ccc(Nc2ncc(C(F)(F)F)c(Nc3cccc(C(C)CC)c3)n2)cc1. The van der Waals surface area contributed by atoms with Crippen molar-refractivity contribution in [2.75, 3.05) is 17.2 Å². The van der Waals surface area contributed by atoms with Crippen LogP contribution in [0, 0.1) is 0 Å². The summed E-state index contributed by atoms with van der Waals surface area (Å²) in [6.45, 7) is 6.57. The first kappa shape index (κ1) is 22.4. The van der Waals surface area contributed by atoms with Gasteiger partial charge in [-0.2, -0.15) is 18.2 Å². The Balaban J connectivity index is 1.89. The van der Waals surface area contributed by atoms with Crippen molar-refractivity contribution in [2.45, 2.75) is 39.3 Å². The lowest BCUT2D eigenvalue weighted by Gasteiger charge is -2.16. The molecule has 0 aliphatic rings. The van der Waals surface area contributed by atoms with Gasteiger partial charge in [0.2, 0.25) is 5.95 Å². The minimum Gasteiger partial charge on any atom is -0.494 e. The quantitative estimate of drug-likeness (QED) is 0.407. The summed E-state index contributed by atoms with van der Waals surface area (Å²) in [6.07, 6.45) is -2.88. The molecule has 0 amide bonds. The molecule has 8 heteroatoms. The van der Waals surface area contributed by atoms with E-state index in [1.54, 1.807) is 30.3 Å². The Kier molecular flexibility index (Phi) is 6.99. The largest absolute Gasteiger partial charge is 0.494 e. The summed E-state index contributed by atoms with van der Waals surface area (Å²) >= 11 is 0. The van der Waals surface area contributed by atoms with E-state index in [1.165, 1.54) is 0 Å². The molecule has 1 heterocycles. The van der Waals surface area contributed by atoms with Crippen LogP contribution in [0.3, 0.4) is 0 Å². The minimum atomic E-state index is -4.59. The first-order chi connectivity index (χ1) is 14.8. The van der Waals surface area contributed by atoms with E-state index in [1.807, 2.05) is 25.1 Å². The van der Waals surface area contributed by atoms with Gasteiger partial charge in [-0.15, -0.1) is 0 Å². The Labute approximate surface area is 179 Å². The van der Waals surface area contributed by atoms with E-state index >= 15 is 0 Å². The minimum absolute atomic E-state index is 0.0535. The van der Waals surface area contributed by atoms with Crippen molar-refractivity contribution in [3.63, 3.8) is 0 Å². The van der Waals surface area contributed by atoms with Crippen LogP contribution in [0.15, 0.2) is 54.7 Å². The third kappa shape index (κ3) is 5.87. The molecule has 0 aliphatic carbocycles. The van der Waals surface area contributed by atoms with Gasteiger partial charge >= 0.3 is 6.18 Å². The van der Waals surface area contributed by atoms with Crippen molar-refractivity contribution >= 4 is 23.1 Å². The van der Waals surface area contributed by atoms with E-state index in [0.29, 0.717) is 29.6 Å². The maximum Gasteiger partial charge on any atom is 0.421 e. The van der Waals surface area contributed by atoms with Crippen molar-refractivity contribution < 1.29 is 17.9 Å². The second-order valence-electron chi connectivity index (χ2n) is 7.10. The number of nitrogens with zero attached hydrogens (tertiary/aromatic N) is 2. The van der Waals surface area contributed by atoms with Crippen LogP contribution in [0.5, 0.6) is 5.75 Å². The summed E-state index contributed by atoms with van der Waals surface area (Å²) < 4.78 is 46.0. The zero-order chi connectivity index (χ0) is 22.4. The number of ether oxygens (including phenoxy) is 1. The molecule has 1 unspecified atom stereocenters. The molecule has 164 valence electrons. The first-order valence-electron chi connectivity index (χ1n) is 10.1. The highest BCUT2D eigenvalue weighted by Gasteiger charge is 2.35. The smallest absolute Gasteiger partial charge is 0.421 e. The molecule has 0 aliphatic heterocycles. The molecular formula is C23H25F3N4O. The lowest BCUT2D eigenvalue weighted by molar-refractivity contribution is -0.137. The number of benzene rings is 2. The fraction of sp³-hybridized carbons (Fsp3) is 0.304. The normalized spacial score (nSPS) is 12.3. The van der Waals surface area contributed by atoms with Crippen LogP contribution in [0.4, 0.5) is 36.3 Å². The van der Waals surface area contributed by atoms with Gasteiger partial charge in [0, 0.05) is 17.6 Å². The summed E-state index contributed by atoms with van der Waals surface area (Å²) in [5.41, 5.74) is 1.28. The van der Waals surface area contributed by atoms with E-state index in [0.717, 1.165) is 18.2 Å². The van der Waals surface area contributed by atoms with Crippen molar-refractivity contribution in [1.82, 2.24) is 9.97 Å². The highest BCUT2D eigenvalue weighted by molar-refractivity contribution is 5.63. The van der Waals surface area contributed by atoms with Crippen LogP contribution in [0.25, 0.3) is 0 Å². The van der Waals surface area contributed by atoms with Gasteiger partial charge in [0.1, 0.15) is 17.1 Å². The number of anilines is 4. The second-order valence-corrected chi connectivity index (χ2v) is 7.10. The van der Waals surface area contributed by atoms with E-state index in [-0.39, 0.29) is 11.8 Å². The number of alkyl halides is 3. The Hall–Kier alpha value is -3.29. The van der Waals surface area contributed by atoms with Crippen molar-refractivity contribution in [1.29, 1.82) is 0 Å². The van der Waals surface area contributed by atoms with Gasteiger partial charge in [-0.25, -0.2) is 4.98 Å². The molecule has 0 saturated carbocycles. The number of nitrogens with one attached hydrogen (secondary N) is 2. The molecule has 0 saturated heterocycles. The molecule has 0 fully saturated rings. The third-order valence-electron chi connectivity index (χ3n) is 4.85. The van der Waals surface area contributed by atoms with Crippen LogP contribution in [-0.4, -0.2) is 16.6 Å². The van der Waals surface area contributed by atoms with E-state index in [2.05, 4.69) is 34.4 Å². The summed E-state index contributed by atoms with van der Waals surface area (Å²) in [5, 5.41) is 5.75. The van der Waals surface area contributed by atoms with Crippen molar-refractivity contribution in [3.8, 4) is 5.75 Å². The van der Waals surface area contributed by atoms with Gasteiger partial charge in [-0.3, -0.25) is 0 Å².